The lowest BCUT2D eigenvalue weighted by Crippen LogP contribution is -2.54. The van der Waals surface area contributed by atoms with Gasteiger partial charge in [0.05, 0.1) is 13.2 Å². The van der Waals surface area contributed by atoms with Crippen LogP contribution in [0.15, 0.2) is 112 Å². The summed E-state index contributed by atoms with van der Waals surface area (Å²) in [5.74, 6) is 0.555. The fourth-order valence-corrected chi connectivity index (χ4v) is 6.09. The Morgan fingerprint density at radius 3 is 2.57 bits per heavy atom. The maximum Gasteiger partial charge on any atom is 0.266 e. The third-order valence-corrected chi connectivity index (χ3v) is 8.69. The number of hydrogen-bond donors (Lipinski definition) is 3. The number of aliphatic hydroxyl groups is 1. The Kier molecular flexibility index (Phi) is 11.9. The van der Waals surface area contributed by atoms with Crippen molar-refractivity contribution in [2.45, 2.75) is 37.5 Å². The van der Waals surface area contributed by atoms with E-state index in [1.54, 1.807) is 12.1 Å². The molecule has 3 N–H and O–H groups in total. The van der Waals surface area contributed by atoms with Crippen molar-refractivity contribution < 1.29 is 19.4 Å². The highest BCUT2D eigenvalue weighted by Crippen LogP contribution is 2.45. The van der Waals surface area contributed by atoms with E-state index in [0.717, 1.165) is 26.7 Å². The van der Waals surface area contributed by atoms with Crippen molar-refractivity contribution in [2.24, 2.45) is 10.1 Å². The molecule has 12 heteroatoms. The third-order valence-electron chi connectivity index (χ3n) is 7.73. The molecule has 0 saturated heterocycles. The minimum absolute atomic E-state index is 0.0464. The summed E-state index contributed by atoms with van der Waals surface area (Å²) < 4.78 is 13.1. The van der Waals surface area contributed by atoms with Crippen molar-refractivity contribution in [1.29, 1.82) is 0 Å². The van der Waals surface area contributed by atoms with Gasteiger partial charge in [0.15, 0.2) is 11.6 Å². The van der Waals surface area contributed by atoms with Gasteiger partial charge in [-0.25, -0.2) is 10.4 Å². The predicted molar refractivity (Wildman–Crippen MR) is 185 cm³/mol. The molecule has 0 fully saturated rings. The number of nitrogens with zero attached hydrogens (tertiary/aromatic N) is 4. The minimum Gasteiger partial charge on any atom is -0.494 e. The Balaban J connectivity index is 1.53. The molecule has 0 aromatic heterocycles. The van der Waals surface area contributed by atoms with Crippen molar-refractivity contribution in [3.8, 4) is 5.75 Å². The molecular weight excluding hydrogens is 684 g/mol. The van der Waals surface area contributed by atoms with Gasteiger partial charge >= 0.3 is 0 Å². The zero-order valence-corrected chi connectivity index (χ0v) is 27.8. The molecule has 242 valence electrons. The summed E-state index contributed by atoms with van der Waals surface area (Å²) in [6.07, 6.45) is 0.491. The van der Waals surface area contributed by atoms with E-state index in [4.69, 9.17) is 36.7 Å². The third kappa shape index (κ3) is 8.51. The first-order valence-electron chi connectivity index (χ1n) is 15.1. The molecule has 2 atom stereocenters. The van der Waals surface area contributed by atoms with Crippen LogP contribution in [0.1, 0.15) is 40.3 Å². The van der Waals surface area contributed by atoms with E-state index in [9.17, 15) is 4.79 Å². The monoisotopic (exact) mass is 716 g/mol. The number of aliphatic imine (C=N–C) groups is 1. The molecule has 47 heavy (non-hydrogen) atoms. The van der Waals surface area contributed by atoms with E-state index < -0.39 is 11.6 Å². The summed E-state index contributed by atoms with van der Waals surface area (Å²) in [4.78, 5) is 22.5. The number of carbonyl (C=O) groups excluding carboxylic acids is 1. The molecule has 0 spiro atoms. The van der Waals surface area contributed by atoms with Gasteiger partial charge in [-0.1, -0.05) is 87.2 Å². The molecule has 0 radical (unpaired) electrons. The number of hydrazine groups is 1. The summed E-state index contributed by atoms with van der Waals surface area (Å²) in [6.45, 7) is 1.01. The van der Waals surface area contributed by atoms with Gasteiger partial charge in [0, 0.05) is 51.5 Å². The Morgan fingerprint density at radius 2 is 1.83 bits per heavy atom. The second-order valence-corrected chi connectivity index (χ2v) is 12.2. The molecule has 0 aliphatic carbocycles. The highest BCUT2D eigenvalue weighted by Gasteiger charge is 2.54. The molecule has 4 aromatic carbocycles. The average Bonchev–Trinajstić information content (AvgIpc) is 3.47. The van der Waals surface area contributed by atoms with Crippen LogP contribution in [0.3, 0.4) is 0 Å². The van der Waals surface area contributed by atoms with Crippen LogP contribution in [-0.2, 0) is 28.9 Å². The van der Waals surface area contributed by atoms with Crippen LogP contribution in [0.5, 0.6) is 5.75 Å². The standard InChI is InChI=1S/C35H34BrClN6O4/c36-31-12-4-3-11-30(31)32-35(22-26-8-1-2-9-27(26)23-40-43-38,34(45)42-39-18-17-24-7-5-10-28(37)21-24)41-33(47-32)25-13-15-29(16-14-25)46-20-6-19-44/h1-5,7-16,21,32,39,44H,6,17-20,22-23H2,(H,42,45)/t32-,35-/m0/s1. The molecule has 1 aliphatic rings. The Hall–Kier alpha value is -4.38. The van der Waals surface area contributed by atoms with Gasteiger partial charge in [0.2, 0.25) is 5.90 Å². The molecule has 1 aliphatic heterocycles. The summed E-state index contributed by atoms with van der Waals surface area (Å²) in [6, 6.07) is 30.0. The maximum atomic E-state index is 14.5. The first-order chi connectivity index (χ1) is 22.9. The molecule has 5 rings (SSSR count). The van der Waals surface area contributed by atoms with Crippen LogP contribution in [0.25, 0.3) is 10.4 Å². The van der Waals surface area contributed by atoms with E-state index in [0.29, 0.717) is 48.2 Å². The van der Waals surface area contributed by atoms with Crippen molar-refractivity contribution in [3.63, 3.8) is 0 Å². The fourth-order valence-electron chi connectivity index (χ4n) is 5.38. The average molecular weight is 718 g/mol. The van der Waals surface area contributed by atoms with Gasteiger partial charge in [-0.15, -0.1) is 0 Å². The Bertz CT molecular complexity index is 1770. The Morgan fingerprint density at radius 1 is 1.06 bits per heavy atom. The molecule has 4 aromatic rings. The van der Waals surface area contributed by atoms with Crippen molar-refractivity contribution in [2.75, 3.05) is 19.8 Å². The number of benzene rings is 4. The summed E-state index contributed by atoms with van der Waals surface area (Å²) in [7, 11) is 0. The number of ether oxygens (including phenoxy) is 2. The van der Waals surface area contributed by atoms with Gasteiger partial charge in [-0.3, -0.25) is 10.2 Å². The quantitative estimate of drug-likeness (QED) is 0.0398. The van der Waals surface area contributed by atoms with Crippen molar-refractivity contribution >= 4 is 39.3 Å². The van der Waals surface area contributed by atoms with Crippen molar-refractivity contribution in [1.82, 2.24) is 10.9 Å². The van der Waals surface area contributed by atoms with Crippen LogP contribution >= 0.6 is 27.5 Å². The molecule has 0 bridgehead atoms. The van der Waals surface area contributed by atoms with Gasteiger partial charge in [0.1, 0.15) is 5.75 Å². The number of nitrogens with one attached hydrogen (secondary N) is 2. The molecule has 1 amide bonds. The highest BCUT2D eigenvalue weighted by molar-refractivity contribution is 9.10. The summed E-state index contributed by atoms with van der Waals surface area (Å²) >= 11 is 9.83. The Labute approximate surface area is 286 Å². The number of carbonyl (C=O) groups is 1. The van der Waals surface area contributed by atoms with Crippen LogP contribution in [0.4, 0.5) is 0 Å². The SMILES string of the molecule is [N-]=[N+]=NCc1ccccc1C[C@]1(C(=O)NNCCc2cccc(Cl)c2)N=C(c2ccc(OCCCO)cc2)O[C@H]1c1ccccc1Br. The number of rotatable bonds is 15. The number of hydrogen-bond acceptors (Lipinski definition) is 7. The number of amides is 1. The van der Waals surface area contributed by atoms with Crippen molar-refractivity contribution in [3.05, 3.63) is 145 Å². The predicted octanol–water partition coefficient (Wildman–Crippen LogP) is 7.04. The number of aliphatic hydroxyl groups excluding tert-OH is 1. The summed E-state index contributed by atoms with van der Waals surface area (Å²) in [5, 5.41) is 13.5. The van der Waals surface area contributed by atoms with Gasteiger partial charge < -0.3 is 14.6 Å². The first-order valence-corrected chi connectivity index (χ1v) is 16.3. The molecule has 1 heterocycles. The van der Waals surface area contributed by atoms with E-state index in [1.165, 1.54) is 0 Å². The lowest BCUT2D eigenvalue weighted by molar-refractivity contribution is -0.130. The van der Waals surface area contributed by atoms with Gasteiger partial charge in [-0.05, 0) is 71.1 Å². The van der Waals surface area contributed by atoms with Crippen LogP contribution in [0.2, 0.25) is 5.02 Å². The minimum atomic E-state index is -1.47. The smallest absolute Gasteiger partial charge is 0.266 e. The number of halogens is 2. The lowest BCUT2D eigenvalue weighted by atomic mass is 9.81. The maximum absolute atomic E-state index is 14.5. The van der Waals surface area contributed by atoms with E-state index in [-0.39, 0.29) is 25.5 Å². The van der Waals surface area contributed by atoms with Gasteiger partial charge in [0.25, 0.3) is 5.91 Å². The molecular formula is C35H34BrClN6O4. The molecule has 10 nitrogen and oxygen atoms in total. The molecule has 0 saturated carbocycles. The van der Waals surface area contributed by atoms with E-state index in [1.807, 2.05) is 84.9 Å². The highest BCUT2D eigenvalue weighted by atomic mass is 79.9. The topological polar surface area (TPSA) is 141 Å². The number of azide groups is 1. The van der Waals surface area contributed by atoms with E-state index >= 15 is 0 Å². The van der Waals surface area contributed by atoms with Crippen LogP contribution in [0, 0.1) is 0 Å². The normalized spacial score (nSPS) is 16.9. The summed E-state index contributed by atoms with van der Waals surface area (Å²) in [5.41, 5.74) is 17.6. The largest absolute Gasteiger partial charge is 0.494 e. The zero-order chi connectivity index (χ0) is 33.1. The van der Waals surface area contributed by atoms with E-state index in [2.05, 4.69) is 36.8 Å². The lowest BCUT2D eigenvalue weighted by Gasteiger charge is -2.32. The molecule has 0 unspecified atom stereocenters. The zero-order valence-electron chi connectivity index (χ0n) is 25.5. The fraction of sp³-hybridized carbons (Fsp3) is 0.257. The second kappa shape index (κ2) is 16.4. The first kappa shape index (κ1) is 34.0. The van der Waals surface area contributed by atoms with Crippen LogP contribution < -0.4 is 15.6 Å². The second-order valence-electron chi connectivity index (χ2n) is 10.9. The van der Waals surface area contributed by atoms with Gasteiger partial charge in [-0.2, -0.15) is 0 Å². The van der Waals surface area contributed by atoms with Crippen LogP contribution in [-0.4, -0.2) is 42.2 Å².